The van der Waals surface area contributed by atoms with Crippen LogP contribution >= 0.6 is 0 Å². The van der Waals surface area contributed by atoms with Crippen molar-refractivity contribution < 1.29 is 17.5 Å². The highest BCUT2D eigenvalue weighted by Gasteiger charge is 2.27. The van der Waals surface area contributed by atoms with Gasteiger partial charge in [0.15, 0.2) is 0 Å². The Morgan fingerprint density at radius 3 is 2.67 bits per heavy atom. The molecule has 128 valence electrons. The minimum absolute atomic E-state index is 0.260. The molecule has 1 aliphatic carbocycles. The zero-order valence-corrected chi connectivity index (χ0v) is 14.5. The van der Waals surface area contributed by atoms with Crippen molar-refractivity contribution in [2.75, 3.05) is 20.3 Å². The van der Waals surface area contributed by atoms with E-state index in [1.807, 2.05) is 6.07 Å². The van der Waals surface area contributed by atoms with Crippen LogP contribution in [-0.2, 0) is 14.8 Å². The molecule has 0 saturated carbocycles. The van der Waals surface area contributed by atoms with E-state index in [-0.39, 0.29) is 10.7 Å². The monoisotopic (exact) mass is 349 g/mol. The number of sulfonamides is 1. The predicted molar refractivity (Wildman–Crippen MR) is 92.3 cm³/mol. The third-order valence-corrected chi connectivity index (χ3v) is 5.95. The van der Waals surface area contributed by atoms with Gasteiger partial charge in [-0.2, -0.15) is 0 Å². The number of nitrogens with one attached hydrogen (secondary N) is 1. The molecule has 0 unspecified atom stereocenters. The smallest absolute Gasteiger partial charge is 0.240 e. The highest BCUT2D eigenvalue weighted by molar-refractivity contribution is 7.93. The number of hydrogen-bond donors (Lipinski definition) is 1. The minimum atomic E-state index is -3.55. The lowest BCUT2D eigenvalue weighted by atomic mass is 9.90. The first-order chi connectivity index (χ1) is 11.4. The topological polar surface area (TPSA) is 55.4 Å². The van der Waals surface area contributed by atoms with E-state index in [1.54, 1.807) is 25.1 Å². The first kappa shape index (κ1) is 17.1. The molecule has 1 heterocycles. The molecule has 1 saturated heterocycles. The molecule has 1 aromatic carbocycles. The summed E-state index contributed by atoms with van der Waals surface area (Å²) in [6.07, 6.45) is 4.53. The molecule has 0 radical (unpaired) electrons. The van der Waals surface area contributed by atoms with Crippen LogP contribution in [0.4, 0.5) is 4.39 Å². The Bertz CT molecular complexity index is 858. The Hall–Kier alpha value is -1.76. The van der Waals surface area contributed by atoms with Crippen molar-refractivity contribution in [1.29, 1.82) is 0 Å². The number of hydrogen-bond acceptors (Lipinski definition) is 3. The van der Waals surface area contributed by atoms with Crippen molar-refractivity contribution in [3.8, 4) is 0 Å². The number of allylic oxidation sites excluding steroid dienone is 4. The van der Waals surface area contributed by atoms with Gasteiger partial charge < -0.3 is 4.74 Å². The fraction of sp³-hybridized carbons (Fsp3) is 0.333. The van der Waals surface area contributed by atoms with Gasteiger partial charge in [-0.05, 0) is 66.8 Å². The highest BCUT2D eigenvalue weighted by Crippen LogP contribution is 2.37. The van der Waals surface area contributed by atoms with Gasteiger partial charge >= 0.3 is 0 Å². The third kappa shape index (κ3) is 3.22. The first-order valence-corrected chi connectivity index (χ1v) is 9.30. The van der Waals surface area contributed by atoms with Crippen molar-refractivity contribution in [3.05, 3.63) is 63.3 Å². The third-order valence-electron chi connectivity index (χ3n) is 4.45. The van der Waals surface area contributed by atoms with Gasteiger partial charge in [-0.25, -0.2) is 17.5 Å². The summed E-state index contributed by atoms with van der Waals surface area (Å²) in [6, 6.07) is 5.10. The number of halogens is 1. The van der Waals surface area contributed by atoms with Gasteiger partial charge in [-0.15, -0.1) is 0 Å². The van der Waals surface area contributed by atoms with Crippen LogP contribution in [0.2, 0.25) is 0 Å². The number of aryl methyl sites for hydroxylation is 1. The van der Waals surface area contributed by atoms with Gasteiger partial charge in [0, 0.05) is 0 Å². The minimum Gasteiger partial charge on any atom is -0.377 e. The van der Waals surface area contributed by atoms with Crippen LogP contribution < -0.4 is 4.72 Å². The van der Waals surface area contributed by atoms with E-state index in [2.05, 4.69) is 4.72 Å². The van der Waals surface area contributed by atoms with Gasteiger partial charge in [0.1, 0.15) is 5.82 Å². The summed E-state index contributed by atoms with van der Waals surface area (Å²) in [7, 11) is -2.15. The molecule has 3 rings (SSSR count). The fourth-order valence-corrected chi connectivity index (χ4v) is 3.97. The summed E-state index contributed by atoms with van der Waals surface area (Å²) >= 11 is 0. The van der Waals surface area contributed by atoms with E-state index in [4.69, 9.17) is 4.74 Å². The second kappa shape index (κ2) is 6.63. The van der Waals surface area contributed by atoms with Crippen molar-refractivity contribution >= 4 is 15.6 Å². The average molecular weight is 349 g/mol. The van der Waals surface area contributed by atoms with Gasteiger partial charge in [-0.3, -0.25) is 0 Å². The lowest BCUT2D eigenvalue weighted by molar-refractivity contribution is 0.204. The van der Waals surface area contributed by atoms with Crippen molar-refractivity contribution in [2.45, 2.75) is 19.8 Å². The SMILES string of the molecule is CNS(=O)(=O)C1=CC=C(c2ccc(C)c(F)c2)CC1=C1CCOC1. The van der Waals surface area contributed by atoms with Gasteiger partial charge in [0.2, 0.25) is 10.0 Å². The zero-order chi connectivity index (χ0) is 17.3. The predicted octanol–water partition coefficient (Wildman–Crippen LogP) is 3.07. The molecular formula is C18H20FNO3S. The van der Waals surface area contributed by atoms with E-state index in [0.717, 1.165) is 28.7 Å². The van der Waals surface area contributed by atoms with Crippen molar-refractivity contribution in [1.82, 2.24) is 4.72 Å². The molecule has 6 heteroatoms. The standard InChI is InChI=1S/C18H20FNO3S/c1-12-3-4-14(10-17(12)19)13-5-6-18(24(21,22)20-2)16(9-13)15-7-8-23-11-15/h3-6,10,20H,7-9,11H2,1-2H3. The molecule has 0 amide bonds. The summed E-state index contributed by atoms with van der Waals surface area (Å²) in [6.45, 7) is 2.76. The van der Waals surface area contributed by atoms with Crippen LogP contribution in [0.1, 0.15) is 24.0 Å². The van der Waals surface area contributed by atoms with Crippen LogP contribution in [0.3, 0.4) is 0 Å². The molecule has 0 atom stereocenters. The van der Waals surface area contributed by atoms with Crippen LogP contribution in [0.5, 0.6) is 0 Å². The molecule has 2 aliphatic rings. The van der Waals surface area contributed by atoms with Gasteiger partial charge in [-0.1, -0.05) is 18.2 Å². The number of rotatable bonds is 3. The average Bonchev–Trinajstić information content (AvgIpc) is 3.11. The zero-order valence-electron chi connectivity index (χ0n) is 13.7. The quantitative estimate of drug-likeness (QED) is 0.912. The second-order valence-electron chi connectivity index (χ2n) is 5.96. The maximum absolute atomic E-state index is 13.9. The summed E-state index contributed by atoms with van der Waals surface area (Å²) in [4.78, 5) is 0.279. The first-order valence-electron chi connectivity index (χ1n) is 7.82. The van der Waals surface area contributed by atoms with Crippen LogP contribution in [0.15, 0.2) is 46.4 Å². The Balaban J connectivity index is 2.08. The Morgan fingerprint density at radius 2 is 2.04 bits per heavy atom. The van der Waals surface area contributed by atoms with E-state index in [0.29, 0.717) is 25.2 Å². The van der Waals surface area contributed by atoms with E-state index < -0.39 is 10.0 Å². The number of ether oxygens (including phenoxy) is 1. The Labute approximate surface area is 141 Å². The Morgan fingerprint density at radius 1 is 1.25 bits per heavy atom. The molecule has 0 spiro atoms. The van der Waals surface area contributed by atoms with E-state index >= 15 is 0 Å². The molecule has 0 bridgehead atoms. The lowest BCUT2D eigenvalue weighted by Crippen LogP contribution is -2.23. The maximum atomic E-state index is 13.9. The summed E-state index contributed by atoms with van der Waals surface area (Å²) in [5.41, 5.74) is 4.02. The van der Waals surface area contributed by atoms with Gasteiger partial charge in [0.25, 0.3) is 0 Å². The van der Waals surface area contributed by atoms with Crippen LogP contribution in [-0.4, -0.2) is 28.7 Å². The van der Waals surface area contributed by atoms with Crippen LogP contribution in [0.25, 0.3) is 5.57 Å². The molecule has 1 aromatic rings. The highest BCUT2D eigenvalue weighted by atomic mass is 32.2. The lowest BCUT2D eigenvalue weighted by Gasteiger charge is -2.21. The molecule has 4 nitrogen and oxygen atoms in total. The summed E-state index contributed by atoms with van der Waals surface area (Å²) < 4.78 is 46.3. The van der Waals surface area contributed by atoms with Crippen molar-refractivity contribution in [2.24, 2.45) is 0 Å². The van der Waals surface area contributed by atoms with Gasteiger partial charge in [0.05, 0.1) is 18.1 Å². The summed E-state index contributed by atoms with van der Waals surface area (Å²) in [5, 5.41) is 0. The molecule has 1 N–H and O–H groups in total. The maximum Gasteiger partial charge on any atom is 0.240 e. The largest absolute Gasteiger partial charge is 0.377 e. The van der Waals surface area contributed by atoms with Crippen LogP contribution in [0, 0.1) is 12.7 Å². The molecule has 1 fully saturated rings. The molecule has 24 heavy (non-hydrogen) atoms. The second-order valence-corrected chi connectivity index (χ2v) is 7.81. The van der Waals surface area contributed by atoms with Crippen molar-refractivity contribution in [3.63, 3.8) is 0 Å². The summed E-state index contributed by atoms with van der Waals surface area (Å²) in [5.74, 6) is -0.260. The molecule has 0 aromatic heterocycles. The van der Waals surface area contributed by atoms with E-state index in [1.165, 1.54) is 13.1 Å². The normalized spacial score (nSPS) is 21.6. The number of benzene rings is 1. The van der Waals surface area contributed by atoms with E-state index in [9.17, 15) is 12.8 Å². The fourth-order valence-electron chi connectivity index (χ4n) is 2.97. The molecular weight excluding hydrogens is 329 g/mol. The molecule has 1 aliphatic heterocycles. The Kier molecular flexibility index (Phi) is 4.71.